The molecule has 0 unspecified atom stereocenters. The molecule has 0 aromatic rings. The number of carbonyl (C=O) groups is 1. The van der Waals surface area contributed by atoms with Crippen LogP contribution in [-0.4, -0.2) is 22.3 Å². The second-order valence-electron chi connectivity index (χ2n) is 7.36. The average Bonchev–Trinajstić information content (AvgIpc) is 2.53. The standard InChI is InChI=1S/C21H30O3/c1-5-13(2)20-15(4)12-17-18(22)11-10-14(3)21(17)16(20)8-6-7-9-19(23)24/h5-9,12,14,16-18,20-22H,10-11H2,1-4H3,(H,23,24)/b8-6+,9-7+,13-5+/t14-,16+,17+,18-,20+,21-/m1/s1. The first-order valence-corrected chi connectivity index (χ1v) is 8.93. The third-order valence-corrected chi connectivity index (χ3v) is 5.87. The Morgan fingerprint density at radius 2 is 2.00 bits per heavy atom. The van der Waals surface area contributed by atoms with Gasteiger partial charge in [0.15, 0.2) is 0 Å². The van der Waals surface area contributed by atoms with Gasteiger partial charge in [0, 0.05) is 17.9 Å². The first kappa shape index (κ1) is 18.7. The van der Waals surface area contributed by atoms with Gasteiger partial charge in [-0.3, -0.25) is 0 Å². The minimum atomic E-state index is -0.931. The second kappa shape index (κ2) is 7.98. The first-order valence-electron chi connectivity index (χ1n) is 8.93. The number of aliphatic hydroxyl groups excluding tert-OH is 1. The predicted molar refractivity (Wildman–Crippen MR) is 97.5 cm³/mol. The van der Waals surface area contributed by atoms with Gasteiger partial charge in [-0.1, -0.05) is 48.5 Å². The maximum absolute atomic E-state index is 10.7. The summed E-state index contributed by atoms with van der Waals surface area (Å²) < 4.78 is 0. The molecule has 6 atom stereocenters. The zero-order chi connectivity index (χ0) is 17.9. The van der Waals surface area contributed by atoms with E-state index in [0.29, 0.717) is 23.7 Å². The summed E-state index contributed by atoms with van der Waals surface area (Å²) in [5, 5.41) is 19.3. The minimum absolute atomic E-state index is 0.202. The smallest absolute Gasteiger partial charge is 0.328 e. The average molecular weight is 330 g/mol. The van der Waals surface area contributed by atoms with E-state index in [0.717, 1.165) is 18.9 Å². The van der Waals surface area contributed by atoms with Crippen molar-refractivity contribution in [1.29, 1.82) is 0 Å². The summed E-state index contributed by atoms with van der Waals surface area (Å²) in [4.78, 5) is 10.7. The summed E-state index contributed by atoms with van der Waals surface area (Å²) in [6.07, 6.45) is 12.9. The number of fused-ring (bicyclic) bond motifs is 1. The van der Waals surface area contributed by atoms with Crippen molar-refractivity contribution in [3.8, 4) is 0 Å². The molecular weight excluding hydrogens is 300 g/mol. The lowest BCUT2D eigenvalue weighted by molar-refractivity contribution is -0.131. The summed E-state index contributed by atoms with van der Waals surface area (Å²) in [5.41, 5.74) is 2.66. The Hall–Kier alpha value is -1.61. The number of carboxylic acids is 1. The molecule has 0 aromatic carbocycles. The van der Waals surface area contributed by atoms with Crippen LogP contribution in [-0.2, 0) is 4.79 Å². The molecule has 0 saturated heterocycles. The molecule has 1 fully saturated rings. The van der Waals surface area contributed by atoms with E-state index in [2.05, 4.69) is 45.9 Å². The molecule has 0 aliphatic heterocycles. The Morgan fingerprint density at radius 1 is 1.29 bits per heavy atom. The Kier molecular flexibility index (Phi) is 6.22. The van der Waals surface area contributed by atoms with E-state index in [1.54, 1.807) is 6.08 Å². The van der Waals surface area contributed by atoms with Gasteiger partial charge in [-0.25, -0.2) is 4.79 Å². The fourth-order valence-corrected chi connectivity index (χ4v) is 4.66. The van der Waals surface area contributed by atoms with Crippen LogP contribution in [0.2, 0.25) is 0 Å². The molecule has 2 aliphatic rings. The van der Waals surface area contributed by atoms with Crippen molar-refractivity contribution in [1.82, 2.24) is 0 Å². The molecule has 1 saturated carbocycles. The van der Waals surface area contributed by atoms with Gasteiger partial charge in [0.1, 0.15) is 0 Å². The van der Waals surface area contributed by atoms with Crippen molar-refractivity contribution in [3.05, 3.63) is 47.6 Å². The molecule has 0 amide bonds. The van der Waals surface area contributed by atoms with E-state index in [1.807, 2.05) is 6.08 Å². The molecule has 3 nitrogen and oxygen atoms in total. The molecule has 2 aliphatic carbocycles. The summed E-state index contributed by atoms with van der Waals surface area (Å²) in [6.45, 7) is 8.68. The Labute approximate surface area is 145 Å². The lowest BCUT2D eigenvalue weighted by atomic mass is 9.57. The highest BCUT2D eigenvalue weighted by molar-refractivity contribution is 5.80. The molecule has 3 heteroatoms. The molecule has 24 heavy (non-hydrogen) atoms. The van der Waals surface area contributed by atoms with E-state index >= 15 is 0 Å². The van der Waals surface area contributed by atoms with Gasteiger partial charge < -0.3 is 10.2 Å². The summed E-state index contributed by atoms with van der Waals surface area (Å²) in [5.74, 6) is 0.838. The van der Waals surface area contributed by atoms with Crippen LogP contribution in [0, 0.1) is 29.6 Å². The van der Waals surface area contributed by atoms with Crippen LogP contribution >= 0.6 is 0 Å². The van der Waals surface area contributed by atoms with Gasteiger partial charge >= 0.3 is 5.97 Å². The third-order valence-electron chi connectivity index (χ3n) is 5.87. The maximum Gasteiger partial charge on any atom is 0.328 e. The summed E-state index contributed by atoms with van der Waals surface area (Å²) in [6, 6.07) is 0. The Morgan fingerprint density at radius 3 is 2.62 bits per heavy atom. The van der Waals surface area contributed by atoms with Crippen LogP contribution in [0.3, 0.4) is 0 Å². The van der Waals surface area contributed by atoms with E-state index in [-0.39, 0.29) is 12.0 Å². The van der Waals surface area contributed by atoms with Gasteiger partial charge in [0.25, 0.3) is 0 Å². The molecule has 0 radical (unpaired) electrons. The lowest BCUT2D eigenvalue weighted by Crippen LogP contribution is -2.45. The van der Waals surface area contributed by atoms with Gasteiger partial charge in [-0.15, -0.1) is 0 Å². The van der Waals surface area contributed by atoms with Gasteiger partial charge in [-0.2, -0.15) is 0 Å². The number of hydrogen-bond acceptors (Lipinski definition) is 2. The second-order valence-corrected chi connectivity index (χ2v) is 7.36. The van der Waals surface area contributed by atoms with Gasteiger partial charge in [0.2, 0.25) is 0 Å². The number of hydrogen-bond donors (Lipinski definition) is 2. The maximum atomic E-state index is 10.7. The highest BCUT2D eigenvalue weighted by Gasteiger charge is 2.45. The largest absolute Gasteiger partial charge is 0.478 e. The van der Waals surface area contributed by atoms with Crippen molar-refractivity contribution in [2.45, 2.75) is 46.6 Å². The number of carboxylic acid groups (broad SMARTS) is 1. The normalized spacial score (nSPS) is 37.5. The van der Waals surface area contributed by atoms with Gasteiger partial charge in [0.05, 0.1) is 6.10 Å². The number of aliphatic carboxylic acids is 1. The number of aliphatic hydroxyl groups is 1. The van der Waals surface area contributed by atoms with Crippen molar-refractivity contribution in [2.24, 2.45) is 29.6 Å². The van der Waals surface area contributed by atoms with Crippen LogP contribution in [0.5, 0.6) is 0 Å². The zero-order valence-electron chi connectivity index (χ0n) is 15.1. The van der Waals surface area contributed by atoms with E-state index in [9.17, 15) is 9.90 Å². The molecule has 0 bridgehead atoms. The molecule has 2 N–H and O–H groups in total. The quantitative estimate of drug-likeness (QED) is 0.457. The highest BCUT2D eigenvalue weighted by atomic mass is 16.4. The van der Waals surface area contributed by atoms with Crippen molar-refractivity contribution in [2.75, 3.05) is 0 Å². The SMILES string of the molecule is C/C=C(\C)[C@H]1C(C)=C[C@@H]2[C@@H]([C@H]1/C=C/C=C/C(=O)O)[C@H](C)CC[C@H]2O. The fraction of sp³-hybridized carbons (Fsp3) is 0.571. The van der Waals surface area contributed by atoms with E-state index < -0.39 is 5.97 Å². The van der Waals surface area contributed by atoms with Crippen LogP contribution < -0.4 is 0 Å². The monoisotopic (exact) mass is 330 g/mol. The molecule has 0 spiro atoms. The molecule has 0 heterocycles. The van der Waals surface area contributed by atoms with Crippen molar-refractivity contribution in [3.63, 3.8) is 0 Å². The predicted octanol–water partition coefficient (Wildman–Crippen LogP) is 4.37. The number of allylic oxidation sites excluding steroid dienone is 6. The first-order chi connectivity index (χ1) is 11.4. The minimum Gasteiger partial charge on any atom is -0.478 e. The molecular formula is C21H30O3. The van der Waals surface area contributed by atoms with Crippen molar-refractivity contribution < 1.29 is 15.0 Å². The Bertz CT molecular complexity index is 582. The zero-order valence-corrected chi connectivity index (χ0v) is 15.1. The van der Waals surface area contributed by atoms with Crippen LogP contribution in [0.15, 0.2) is 47.6 Å². The third kappa shape index (κ3) is 3.89. The topological polar surface area (TPSA) is 57.5 Å². The summed E-state index contributed by atoms with van der Waals surface area (Å²) >= 11 is 0. The van der Waals surface area contributed by atoms with Crippen LogP contribution in [0.4, 0.5) is 0 Å². The summed E-state index contributed by atoms with van der Waals surface area (Å²) in [7, 11) is 0. The van der Waals surface area contributed by atoms with Gasteiger partial charge in [-0.05, 0) is 51.4 Å². The molecule has 2 rings (SSSR count). The van der Waals surface area contributed by atoms with Crippen LogP contribution in [0.1, 0.15) is 40.5 Å². The Balaban J connectivity index is 2.42. The molecule has 0 aromatic heterocycles. The lowest BCUT2D eigenvalue weighted by Gasteiger charge is -2.48. The fourth-order valence-electron chi connectivity index (χ4n) is 4.66. The van der Waals surface area contributed by atoms with Crippen LogP contribution in [0.25, 0.3) is 0 Å². The van der Waals surface area contributed by atoms with Crippen molar-refractivity contribution >= 4 is 5.97 Å². The van der Waals surface area contributed by atoms with E-state index in [4.69, 9.17) is 5.11 Å². The van der Waals surface area contributed by atoms with E-state index in [1.165, 1.54) is 11.1 Å². The molecule has 132 valence electrons. The number of rotatable bonds is 4. The highest BCUT2D eigenvalue weighted by Crippen LogP contribution is 2.50.